The molecule has 2 aliphatic rings. The molecule has 10 bridgehead atoms. The SMILES string of the molecule is Cc1sc2nc1C(=O)N[C@@H]([C@H](O)c1ccccc1)c1nc(cs1)C(=O)N[C@@H](Cc1ccc(O)cc1)C(=O)N1C[C@H](O)[C@H](C)[C@H]1c1nc(cs1)-c1nc(cs1)-c1nc(-c3nc(C(N)=O)cs3)ccc1-c1nc(cs1)C(=O)N[C@H]2CC(N)=O. The van der Waals surface area contributed by atoms with E-state index >= 15 is 4.79 Å². The monoisotopic (exact) mass is 1200 g/mol. The number of benzene rings is 2. The van der Waals surface area contributed by atoms with Crippen molar-refractivity contribution in [3.05, 3.63) is 147 Å². The molecular formula is C53H45N13O9S6. The van der Waals surface area contributed by atoms with Crippen molar-refractivity contribution in [2.75, 3.05) is 6.54 Å². The highest BCUT2D eigenvalue weighted by atomic mass is 32.1. The van der Waals surface area contributed by atoms with Crippen molar-refractivity contribution in [3.63, 3.8) is 0 Å². The summed E-state index contributed by atoms with van der Waals surface area (Å²) in [6.45, 7) is 3.36. The molecule has 2 aromatic carbocycles. The van der Waals surface area contributed by atoms with Gasteiger partial charge < -0.3 is 47.6 Å². The maximum Gasteiger partial charge on any atom is 0.271 e. The number of aliphatic hydroxyl groups is 2. The number of hydrogen-bond acceptors (Lipinski definition) is 22. The number of carbonyl (C=O) groups is 6. The third kappa shape index (κ3) is 11.4. The van der Waals surface area contributed by atoms with Gasteiger partial charge in [-0.1, -0.05) is 49.4 Å². The molecule has 28 heteroatoms. The number of primary amides is 2. The number of thiazole rings is 6. The smallest absolute Gasteiger partial charge is 0.271 e. The highest BCUT2D eigenvalue weighted by Gasteiger charge is 2.45. The van der Waals surface area contributed by atoms with Crippen LogP contribution < -0.4 is 27.4 Å². The second-order valence-corrected chi connectivity index (χ2v) is 24.5. The molecule has 7 aromatic heterocycles. The number of phenolic OH excluding ortho intramolecular Hbond substituents is 1. The number of nitrogens with two attached hydrogens (primary N) is 2. The van der Waals surface area contributed by atoms with E-state index in [0.717, 1.165) is 34.0 Å². The van der Waals surface area contributed by atoms with E-state index in [-0.39, 0.29) is 51.5 Å². The summed E-state index contributed by atoms with van der Waals surface area (Å²) in [5, 5.41) is 52.2. The molecule has 7 atom stereocenters. The van der Waals surface area contributed by atoms with Gasteiger partial charge in [0.15, 0.2) is 0 Å². The molecule has 9 aromatic rings. The fraction of sp³-hybridized carbons (Fsp3) is 0.226. The summed E-state index contributed by atoms with van der Waals surface area (Å²) in [7, 11) is 0. The minimum Gasteiger partial charge on any atom is -0.508 e. The van der Waals surface area contributed by atoms with Gasteiger partial charge in [0.05, 0.1) is 30.3 Å². The first-order valence-electron chi connectivity index (χ1n) is 24.7. The second-order valence-electron chi connectivity index (χ2n) is 18.9. The number of hydrogen-bond donors (Lipinski definition) is 8. The topological polar surface area (TPSA) is 345 Å². The maximum absolute atomic E-state index is 15.1. The van der Waals surface area contributed by atoms with Crippen LogP contribution in [0.2, 0.25) is 0 Å². The molecule has 0 radical (unpaired) electrons. The number of carbonyl (C=O) groups excluding carboxylic acids is 6. The van der Waals surface area contributed by atoms with Gasteiger partial charge in [0.25, 0.3) is 23.6 Å². The molecule has 22 nitrogen and oxygen atoms in total. The van der Waals surface area contributed by atoms with E-state index in [4.69, 9.17) is 31.4 Å². The number of amides is 6. The predicted molar refractivity (Wildman–Crippen MR) is 304 cm³/mol. The average molecular weight is 1200 g/mol. The molecular weight excluding hydrogens is 1160 g/mol. The summed E-state index contributed by atoms with van der Waals surface area (Å²) >= 11 is 6.89. The van der Waals surface area contributed by atoms with Crippen molar-refractivity contribution in [3.8, 4) is 49.1 Å². The van der Waals surface area contributed by atoms with Crippen LogP contribution in [0.5, 0.6) is 5.75 Å². The lowest BCUT2D eigenvalue weighted by Gasteiger charge is -2.29. The lowest BCUT2D eigenvalue weighted by molar-refractivity contribution is -0.134. The number of aromatic nitrogens is 7. The van der Waals surface area contributed by atoms with E-state index in [0.29, 0.717) is 64.4 Å². The highest BCUT2D eigenvalue weighted by molar-refractivity contribution is 7.15. The van der Waals surface area contributed by atoms with Crippen molar-refractivity contribution in [2.24, 2.45) is 17.4 Å². The lowest BCUT2D eigenvalue weighted by Crippen LogP contribution is -2.50. The van der Waals surface area contributed by atoms with Gasteiger partial charge in [-0.05, 0) is 42.3 Å². The van der Waals surface area contributed by atoms with E-state index < -0.39 is 84.2 Å². The molecule has 10 N–H and O–H groups in total. The Labute approximate surface area is 483 Å². The van der Waals surface area contributed by atoms with Crippen LogP contribution in [0.15, 0.2) is 93.6 Å². The maximum atomic E-state index is 15.1. The van der Waals surface area contributed by atoms with Crippen molar-refractivity contribution in [1.82, 2.24) is 55.7 Å². The number of aromatic hydroxyl groups is 1. The minimum atomic E-state index is -1.40. The van der Waals surface area contributed by atoms with Gasteiger partial charge in [0, 0.05) is 56.2 Å². The fourth-order valence-electron chi connectivity index (χ4n) is 9.31. The van der Waals surface area contributed by atoms with E-state index in [1.807, 2.05) is 6.92 Å². The highest BCUT2D eigenvalue weighted by Crippen LogP contribution is 2.43. The number of nitrogens with one attached hydrogen (secondary N) is 3. The number of pyridine rings is 1. The van der Waals surface area contributed by atoms with Crippen molar-refractivity contribution in [2.45, 2.75) is 63.1 Å². The second kappa shape index (κ2) is 22.8. The van der Waals surface area contributed by atoms with Gasteiger partial charge in [-0.25, -0.2) is 34.9 Å². The van der Waals surface area contributed by atoms with E-state index in [9.17, 15) is 39.3 Å². The van der Waals surface area contributed by atoms with Crippen molar-refractivity contribution in [1.29, 1.82) is 0 Å². The first-order valence-corrected chi connectivity index (χ1v) is 29.9. The third-order valence-electron chi connectivity index (χ3n) is 13.5. The molecule has 0 aliphatic carbocycles. The lowest BCUT2D eigenvalue weighted by atomic mass is 10.00. The third-order valence-corrected chi connectivity index (χ3v) is 19.0. The molecule has 0 spiro atoms. The number of aliphatic hydroxyl groups excluding tert-OH is 2. The molecule has 1 fully saturated rings. The Bertz CT molecular complexity index is 3890. The Morgan fingerprint density at radius 2 is 1.31 bits per heavy atom. The van der Waals surface area contributed by atoms with Crippen molar-refractivity contribution >= 4 is 103 Å². The Morgan fingerprint density at radius 3 is 2.05 bits per heavy atom. The first kappa shape index (κ1) is 54.8. The normalized spacial score (nSPS) is 20.0. The average Bonchev–Trinajstić information content (AvgIpc) is 4.47. The molecule has 412 valence electrons. The zero-order valence-corrected chi connectivity index (χ0v) is 47.3. The Kier molecular flexibility index (Phi) is 15.4. The van der Waals surface area contributed by atoms with Crippen LogP contribution in [0.3, 0.4) is 0 Å². The fourth-order valence-corrected chi connectivity index (χ4v) is 14.6. The molecule has 81 heavy (non-hydrogen) atoms. The summed E-state index contributed by atoms with van der Waals surface area (Å²) in [5.41, 5.74) is 14.2. The summed E-state index contributed by atoms with van der Waals surface area (Å²) in [6.07, 6.45) is -2.80. The number of phenols is 1. The molecule has 1 saturated heterocycles. The van der Waals surface area contributed by atoms with Gasteiger partial charge in [-0.2, -0.15) is 0 Å². The largest absolute Gasteiger partial charge is 0.508 e. The number of fused-ring (bicyclic) bond motifs is 16. The van der Waals surface area contributed by atoms with E-state index in [1.54, 1.807) is 72.3 Å². The first-order chi connectivity index (χ1) is 39.0. The molecule has 0 saturated carbocycles. The number of rotatable bonds is 8. The summed E-state index contributed by atoms with van der Waals surface area (Å²) in [4.78, 5) is 118. The summed E-state index contributed by atoms with van der Waals surface area (Å²) in [6, 6.07) is 13.8. The molecule has 9 heterocycles. The molecule has 6 amide bonds. The van der Waals surface area contributed by atoms with Gasteiger partial charge >= 0.3 is 0 Å². The molecule has 0 unspecified atom stereocenters. The van der Waals surface area contributed by atoms with Gasteiger partial charge in [-0.15, -0.1) is 68.0 Å². The molecule has 2 aliphatic heterocycles. The van der Waals surface area contributed by atoms with E-state index in [1.165, 1.54) is 67.2 Å². The van der Waals surface area contributed by atoms with Crippen LogP contribution >= 0.6 is 68.0 Å². The van der Waals surface area contributed by atoms with Crippen molar-refractivity contribution < 1.29 is 44.1 Å². The van der Waals surface area contributed by atoms with Crippen LogP contribution in [0.25, 0.3) is 43.4 Å². The van der Waals surface area contributed by atoms with Gasteiger partial charge in [0.2, 0.25) is 11.8 Å². The zero-order valence-electron chi connectivity index (χ0n) is 42.4. The van der Waals surface area contributed by atoms with Gasteiger partial charge in [0.1, 0.15) is 93.8 Å². The minimum absolute atomic E-state index is 0.00146. The summed E-state index contributed by atoms with van der Waals surface area (Å²) < 4.78 is 0. The Hall–Kier alpha value is -8.09. The molecule has 11 rings (SSSR count). The predicted octanol–water partition coefficient (Wildman–Crippen LogP) is 6.39. The quantitative estimate of drug-likeness (QED) is 0.0817. The number of aryl methyl sites for hydroxylation is 1. The standard InChI is InChI=1S/C53H45N13O9S6/c1-22-36(68)16-66-41(22)52-63-35(21-80-52)49-59-31(17-77-49)39-27(12-13-28(56-39)48-60-32(18-78-48)43(55)71)47-61-33(19-76-47)44(72)57-29(15-37(54)69)50-65-38(23(2)81-50)46(74)64-40(42(70)25-6-4-3-5-7-25)51-62-34(20-79-51)45(73)58-30(53(66)75)14-24-8-10-26(67)11-9-24/h3-13,17-22,29-30,36,40-42,67-68,70H,14-16H2,1-2H3,(H2,54,69)(H2,55,71)(H,57,72)(H,58,73)(H,64,74)/t22-,29-,30-,36-,40-,41-,42+/m0/s1. The van der Waals surface area contributed by atoms with Crippen LogP contribution in [0.1, 0.15) is 111 Å². The van der Waals surface area contributed by atoms with Crippen LogP contribution in [0, 0.1) is 12.8 Å². The van der Waals surface area contributed by atoms with Crippen LogP contribution in [-0.4, -0.2) is 109 Å². The van der Waals surface area contributed by atoms with Crippen LogP contribution in [-0.2, 0) is 16.0 Å². The van der Waals surface area contributed by atoms with Crippen LogP contribution in [0.4, 0.5) is 0 Å². The Morgan fingerprint density at radius 1 is 0.667 bits per heavy atom. The van der Waals surface area contributed by atoms with E-state index in [2.05, 4.69) is 30.9 Å². The Balaban J connectivity index is 1.02. The van der Waals surface area contributed by atoms with Gasteiger partial charge in [-0.3, -0.25) is 28.8 Å². The zero-order chi connectivity index (χ0) is 56.8. The summed E-state index contributed by atoms with van der Waals surface area (Å²) in [5.74, 6) is -4.69. The number of nitrogens with zero attached hydrogens (tertiary/aromatic N) is 8.